The van der Waals surface area contributed by atoms with E-state index >= 15 is 0 Å². The molecule has 0 amide bonds. The summed E-state index contributed by atoms with van der Waals surface area (Å²) in [5.74, 6) is -0.843. The van der Waals surface area contributed by atoms with Crippen LogP contribution < -0.4 is 5.11 Å². The zero-order valence-corrected chi connectivity index (χ0v) is 17.3. The van der Waals surface area contributed by atoms with E-state index in [0.717, 1.165) is 28.1 Å². The predicted octanol–water partition coefficient (Wildman–Crippen LogP) is 2.69. The van der Waals surface area contributed by atoms with Gasteiger partial charge < -0.3 is 24.2 Å². The summed E-state index contributed by atoms with van der Waals surface area (Å²) < 4.78 is 16.9. The first-order chi connectivity index (χ1) is 13.3. The van der Waals surface area contributed by atoms with Crippen molar-refractivity contribution in [2.75, 3.05) is 13.7 Å². The molecule has 1 aliphatic heterocycles. The molecule has 1 aromatic rings. The van der Waals surface area contributed by atoms with Gasteiger partial charge in [-0.1, -0.05) is 19.1 Å². The van der Waals surface area contributed by atoms with Gasteiger partial charge in [0.1, 0.15) is 5.60 Å². The van der Waals surface area contributed by atoms with Crippen molar-refractivity contribution in [1.29, 1.82) is 0 Å². The maximum Gasteiger partial charge on any atom is 0.294 e. The van der Waals surface area contributed by atoms with Crippen LogP contribution in [0.5, 0.6) is 0 Å². The molecule has 0 aromatic heterocycles. The number of nitrogens with zero attached hydrogens (tertiary/aromatic N) is 1. The molecule has 0 saturated carbocycles. The second-order valence-corrected chi connectivity index (χ2v) is 7.22. The highest BCUT2D eigenvalue weighted by Crippen LogP contribution is 2.43. The lowest BCUT2D eigenvalue weighted by Gasteiger charge is -2.25. The van der Waals surface area contributed by atoms with E-state index in [2.05, 4.69) is 10.0 Å². The lowest BCUT2D eigenvalue weighted by Crippen LogP contribution is -2.28. The van der Waals surface area contributed by atoms with Crippen molar-refractivity contribution in [2.45, 2.75) is 50.7 Å². The Morgan fingerprint density at radius 2 is 2.00 bits per heavy atom. The molecule has 0 fully saturated rings. The van der Waals surface area contributed by atoms with Crippen LogP contribution in [0.4, 0.5) is 0 Å². The van der Waals surface area contributed by atoms with Crippen LogP contribution in [0.3, 0.4) is 0 Å². The minimum Gasteiger partial charge on any atom is -0.546 e. The molecule has 9 heteroatoms. The first-order valence-corrected chi connectivity index (χ1v) is 9.53. The zero-order chi connectivity index (χ0) is 20.7. The van der Waals surface area contributed by atoms with Gasteiger partial charge in [-0.2, -0.15) is 4.33 Å². The molecule has 0 radical (unpaired) electrons. The molecule has 0 N–H and O–H groups in total. The molecule has 1 aliphatic rings. The topological polar surface area (TPSA) is 98.6 Å². The molecular formula is C19H24NO7S-. The highest BCUT2D eigenvalue weighted by molar-refractivity contribution is 7.94. The van der Waals surface area contributed by atoms with Crippen LogP contribution in [0.15, 0.2) is 40.1 Å². The fourth-order valence-corrected chi connectivity index (χ4v) is 3.04. The van der Waals surface area contributed by atoms with Gasteiger partial charge in [0.2, 0.25) is 0 Å². The van der Waals surface area contributed by atoms with Crippen LogP contribution in [0, 0.1) is 0 Å². The summed E-state index contributed by atoms with van der Waals surface area (Å²) in [5, 5.41) is 14.4. The first-order valence-electron chi connectivity index (χ1n) is 8.79. The van der Waals surface area contributed by atoms with E-state index in [1.54, 1.807) is 0 Å². The molecule has 1 aromatic carbocycles. The second kappa shape index (κ2) is 9.81. The lowest BCUT2D eigenvalue weighted by atomic mass is 9.88. The minimum absolute atomic E-state index is 0.107. The molecule has 0 spiro atoms. The molecule has 2 rings (SSSR count). The van der Waals surface area contributed by atoms with Gasteiger partial charge in [-0.3, -0.25) is 0 Å². The van der Waals surface area contributed by atoms with E-state index in [1.165, 1.54) is 7.11 Å². The third kappa shape index (κ3) is 5.40. The standard InChI is InChI=1S/C19H25NO7S/c1-6-19(4)16(13-7-9-14(10-8-13)28-27-23-5)17(25-12(2)3)18(26-19)20-24-11-15(21)22/h7-10,12H,6,11H2,1-5H3,(H,21,22)/p-1/b20-18-/t19-/m0/s1. The monoisotopic (exact) mass is 410 g/mol. The minimum atomic E-state index is -1.37. The van der Waals surface area contributed by atoms with E-state index < -0.39 is 18.2 Å². The normalized spacial score (nSPS) is 20.6. The molecule has 1 atom stereocenters. The Kier molecular flexibility index (Phi) is 7.73. The van der Waals surface area contributed by atoms with Crippen molar-refractivity contribution in [3.05, 3.63) is 35.6 Å². The van der Waals surface area contributed by atoms with Crippen molar-refractivity contribution >= 4 is 29.5 Å². The third-order valence-corrected chi connectivity index (χ3v) is 4.64. The largest absolute Gasteiger partial charge is 0.546 e. The first kappa shape index (κ1) is 22.1. The summed E-state index contributed by atoms with van der Waals surface area (Å²) in [4.78, 5) is 20.9. The predicted molar refractivity (Wildman–Crippen MR) is 102 cm³/mol. The van der Waals surface area contributed by atoms with Crippen LogP contribution >= 0.6 is 12.0 Å². The molecule has 8 nitrogen and oxygen atoms in total. The number of aliphatic carboxylic acids is 1. The average Bonchev–Trinajstić information content (AvgIpc) is 2.92. The number of ether oxygens (including phenoxy) is 2. The molecule has 154 valence electrons. The summed E-state index contributed by atoms with van der Waals surface area (Å²) >= 11 is 1.10. The number of rotatable bonds is 10. The van der Waals surface area contributed by atoms with Gasteiger partial charge in [-0.05, 0) is 50.0 Å². The number of oxime groups is 1. The van der Waals surface area contributed by atoms with Crippen LogP contribution in [0.1, 0.15) is 39.7 Å². The Morgan fingerprint density at radius 1 is 1.32 bits per heavy atom. The molecule has 0 bridgehead atoms. The van der Waals surface area contributed by atoms with Crippen LogP contribution in [-0.2, 0) is 28.3 Å². The number of hydrogen-bond donors (Lipinski definition) is 0. The number of benzene rings is 1. The molecule has 0 unspecified atom stereocenters. The second-order valence-electron chi connectivity index (χ2n) is 6.44. The Bertz CT molecular complexity index is 745. The van der Waals surface area contributed by atoms with E-state index in [4.69, 9.17) is 18.6 Å². The Balaban J connectivity index is 2.46. The molecular weight excluding hydrogens is 386 g/mol. The van der Waals surface area contributed by atoms with E-state index in [9.17, 15) is 9.90 Å². The maximum atomic E-state index is 10.6. The van der Waals surface area contributed by atoms with Gasteiger partial charge in [0, 0.05) is 4.90 Å². The van der Waals surface area contributed by atoms with Crippen molar-refractivity contribution in [3.8, 4) is 0 Å². The number of carboxylic acid groups (broad SMARTS) is 1. The van der Waals surface area contributed by atoms with Crippen molar-refractivity contribution < 1.29 is 33.4 Å². The number of hydrogen-bond acceptors (Lipinski definition) is 9. The Labute approximate surface area is 168 Å². The Morgan fingerprint density at radius 3 is 2.54 bits per heavy atom. The highest BCUT2D eigenvalue weighted by atomic mass is 32.2. The quantitative estimate of drug-likeness (QED) is 0.330. The highest BCUT2D eigenvalue weighted by Gasteiger charge is 2.44. The molecule has 28 heavy (non-hydrogen) atoms. The summed E-state index contributed by atoms with van der Waals surface area (Å²) in [6, 6.07) is 7.61. The molecule has 1 heterocycles. The van der Waals surface area contributed by atoms with Crippen LogP contribution in [-0.4, -0.2) is 37.3 Å². The van der Waals surface area contributed by atoms with E-state index in [0.29, 0.717) is 12.2 Å². The van der Waals surface area contributed by atoms with Gasteiger partial charge in [-0.25, -0.2) is 4.89 Å². The number of carbonyl (C=O) groups excluding carboxylic acids is 1. The van der Waals surface area contributed by atoms with E-state index in [1.807, 2.05) is 52.0 Å². The van der Waals surface area contributed by atoms with Crippen molar-refractivity contribution in [3.63, 3.8) is 0 Å². The van der Waals surface area contributed by atoms with Crippen molar-refractivity contribution in [1.82, 2.24) is 0 Å². The summed E-state index contributed by atoms with van der Waals surface area (Å²) in [7, 11) is 1.44. The zero-order valence-electron chi connectivity index (χ0n) is 16.5. The smallest absolute Gasteiger partial charge is 0.294 e. The number of carboxylic acids is 1. The fraction of sp³-hybridized carbons (Fsp3) is 0.474. The van der Waals surface area contributed by atoms with Gasteiger partial charge in [0.25, 0.3) is 5.90 Å². The fourth-order valence-electron chi connectivity index (χ4n) is 2.64. The molecule has 0 saturated heterocycles. The lowest BCUT2D eigenvalue weighted by molar-refractivity contribution is -0.309. The van der Waals surface area contributed by atoms with Gasteiger partial charge >= 0.3 is 0 Å². The summed E-state index contributed by atoms with van der Waals surface area (Å²) in [6.07, 6.45) is 0.486. The SMILES string of the molecule is CC[C@]1(C)O/C(=N\OCC(=O)[O-])C(OC(C)C)=C1c1ccc(SOOC)cc1. The summed E-state index contributed by atoms with van der Waals surface area (Å²) in [6.45, 7) is 6.99. The summed E-state index contributed by atoms with van der Waals surface area (Å²) in [5.41, 5.74) is 0.974. The van der Waals surface area contributed by atoms with Crippen molar-refractivity contribution in [2.24, 2.45) is 5.16 Å². The van der Waals surface area contributed by atoms with Crippen LogP contribution in [0.2, 0.25) is 0 Å². The van der Waals surface area contributed by atoms with Crippen LogP contribution in [0.25, 0.3) is 5.57 Å². The average molecular weight is 410 g/mol. The maximum absolute atomic E-state index is 10.6. The van der Waals surface area contributed by atoms with Gasteiger partial charge in [0.15, 0.2) is 12.4 Å². The number of carbonyl (C=O) groups is 1. The van der Waals surface area contributed by atoms with Gasteiger partial charge in [-0.15, -0.1) is 0 Å². The Hall–Kier alpha value is -2.23. The van der Waals surface area contributed by atoms with E-state index in [-0.39, 0.29) is 12.0 Å². The van der Waals surface area contributed by atoms with Gasteiger partial charge in [0.05, 0.1) is 36.8 Å². The molecule has 0 aliphatic carbocycles. The third-order valence-electron chi connectivity index (χ3n) is 3.97.